The molecular weight excluding hydrogens is 296 g/mol. The van der Waals surface area contributed by atoms with Crippen molar-refractivity contribution in [3.8, 4) is 0 Å². The first-order chi connectivity index (χ1) is 9.34. The fourth-order valence-electron chi connectivity index (χ4n) is 1.92. The Balaban J connectivity index is 2.30. The van der Waals surface area contributed by atoms with Crippen LogP contribution < -0.4 is 5.32 Å². The van der Waals surface area contributed by atoms with E-state index in [9.17, 15) is 8.42 Å². The summed E-state index contributed by atoms with van der Waals surface area (Å²) < 4.78 is 24.3. The van der Waals surface area contributed by atoms with E-state index in [4.69, 9.17) is 11.6 Å². The molecular formula is C14H23ClN2O2S. The van der Waals surface area contributed by atoms with Gasteiger partial charge in [0.2, 0.25) is 10.0 Å². The third-order valence-electron chi connectivity index (χ3n) is 3.15. The molecule has 0 fully saturated rings. The maximum absolute atomic E-state index is 11.4. The Morgan fingerprint density at radius 2 is 2.05 bits per heavy atom. The number of nitrogens with one attached hydrogen (secondary N) is 1. The van der Waals surface area contributed by atoms with Crippen LogP contribution in [0.5, 0.6) is 0 Å². The molecule has 0 atom stereocenters. The Morgan fingerprint density at radius 3 is 2.60 bits per heavy atom. The molecule has 0 unspecified atom stereocenters. The lowest BCUT2D eigenvalue weighted by molar-refractivity contribution is 0.419. The SMILES string of the molecule is CCN(CCCNCc1ccc(C)c(Cl)c1)S(C)(=O)=O. The van der Waals surface area contributed by atoms with Crippen molar-refractivity contribution in [1.29, 1.82) is 0 Å². The van der Waals surface area contributed by atoms with Gasteiger partial charge in [0, 0.05) is 24.7 Å². The Bertz CT molecular complexity index is 532. The van der Waals surface area contributed by atoms with Crippen molar-refractivity contribution in [1.82, 2.24) is 9.62 Å². The van der Waals surface area contributed by atoms with E-state index in [2.05, 4.69) is 5.32 Å². The molecule has 6 heteroatoms. The van der Waals surface area contributed by atoms with Crippen molar-refractivity contribution < 1.29 is 8.42 Å². The van der Waals surface area contributed by atoms with Crippen molar-refractivity contribution in [2.75, 3.05) is 25.9 Å². The molecule has 0 heterocycles. The summed E-state index contributed by atoms with van der Waals surface area (Å²) in [5, 5.41) is 4.08. The summed E-state index contributed by atoms with van der Waals surface area (Å²) in [6.45, 7) is 6.42. The van der Waals surface area contributed by atoms with Crippen LogP contribution in [0.3, 0.4) is 0 Å². The number of hydrogen-bond donors (Lipinski definition) is 1. The first-order valence-corrected chi connectivity index (χ1v) is 8.98. The van der Waals surface area contributed by atoms with Crippen molar-refractivity contribution in [3.63, 3.8) is 0 Å². The summed E-state index contributed by atoms with van der Waals surface area (Å²) in [7, 11) is -3.08. The summed E-state index contributed by atoms with van der Waals surface area (Å²) in [6, 6.07) is 6.00. The number of hydrogen-bond acceptors (Lipinski definition) is 3. The average Bonchev–Trinajstić information content (AvgIpc) is 2.36. The average molecular weight is 319 g/mol. The quantitative estimate of drug-likeness (QED) is 0.749. The normalized spacial score (nSPS) is 12.1. The largest absolute Gasteiger partial charge is 0.313 e. The molecule has 20 heavy (non-hydrogen) atoms. The van der Waals surface area contributed by atoms with E-state index in [1.54, 1.807) is 0 Å². The number of sulfonamides is 1. The second kappa shape index (κ2) is 7.98. The fraction of sp³-hybridized carbons (Fsp3) is 0.571. The molecule has 1 aromatic rings. The van der Waals surface area contributed by atoms with Gasteiger partial charge in [-0.2, -0.15) is 0 Å². The van der Waals surface area contributed by atoms with E-state index >= 15 is 0 Å². The lowest BCUT2D eigenvalue weighted by Gasteiger charge is -2.17. The van der Waals surface area contributed by atoms with Gasteiger partial charge < -0.3 is 5.32 Å². The minimum atomic E-state index is -3.08. The number of halogens is 1. The van der Waals surface area contributed by atoms with E-state index in [0.29, 0.717) is 13.1 Å². The first-order valence-electron chi connectivity index (χ1n) is 6.75. The van der Waals surface area contributed by atoms with Gasteiger partial charge in [-0.15, -0.1) is 0 Å². The molecule has 114 valence electrons. The standard InChI is InChI=1S/C14H23ClN2O2S/c1-4-17(20(3,18)19)9-5-8-16-11-13-7-6-12(2)14(15)10-13/h6-7,10,16H,4-5,8-9,11H2,1-3H3. The van der Waals surface area contributed by atoms with Gasteiger partial charge in [-0.3, -0.25) is 0 Å². The molecule has 0 radical (unpaired) electrons. The molecule has 0 aliphatic rings. The lowest BCUT2D eigenvalue weighted by Crippen LogP contribution is -2.32. The van der Waals surface area contributed by atoms with E-state index in [1.807, 2.05) is 32.0 Å². The van der Waals surface area contributed by atoms with Gasteiger partial charge in [-0.25, -0.2) is 12.7 Å². The zero-order valence-corrected chi connectivity index (χ0v) is 13.9. The molecule has 0 amide bonds. The van der Waals surface area contributed by atoms with E-state index in [1.165, 1.54) is 10.6 Å². The summed E-state index contributed by atoms with van der Waals surface area (Å²) in [5.41, 5.74) is 2.21. The number of rotatable bonds is 8. The summed E-state index contributed by atoms with van der Waals surface area (Å²) in [4.78, 5) is 0. The second-order valence-corrected chi connectivity index (χ2v) is 7.26. The molecule has 0 saturated heterocycles. The van der Waals surface area contributed by atoms with Crippen LogP contribution in [-0.2, 0) is 16.6 Å². The highest BCUT2D eigenvalue weighted by molar-refractivity contribution is 7.88. The van der Waals surface area contributed by atoms with Crippen LogP contribution >= 0.6 is 11.6 Å². The maximum atomic E-state index is 11.4. The third kappa shape index (κ3) is 5.79. The van der Waals surface area contributed by atoms with E-state index in [-0.39, 0.29) is 0 Å². The maximum Gasteiger partial charge on any atom is 0.211 e. The monoisotopic (exact) mass is 318 g/mol. The minimum absolute atomic E-state index is 0.520. The molecule has 0 saturated carbocycles. The van der Waals surface area contributed by atoms with Gasteiger partial charge in [0.1, 0.15) is 0 Å². The van der Waals surface area contributed by atoms with Crippen molar-refractivity contribution in [2.24, 2.45) is 0 Å². The molecule has 1 N–H and O–H groups in total. The molecule has 1 aromatic carbocycles. The Labute approximate surface area is 127 Å². The Kier molecular flexibility index (Phi) is 6.95. The molecule has 0 aliphatic heterocycles. The van der Waals surface area contributed by atoms with Gasteiger partial charge in [0.25, 0.3) is 0 Å². The predicted molar refractivity (Wildman–Crippen MR) is 84.6 cm³/mol. The van der Waals surface area contributed by atoms with E-state index < -0.39 is 10.0 Å². The van der Waals surface area contributed by atoms with Crippen LogP contribution in [0, 0.1) is 6.92 Å². The Morgan fingerprint density at radius 1 is 1.35 bits per heavy atom. The lowest BCUT2D eigenvalue weighted by atomic mass is 10.1. The topological polar surface area (TPSA) is 49.4 Å². The minimum Gasteiger partial charge on any atom is -0.313 e. The number of benzene rings is 1. The zero-order valence-electron chi connectivity index (χ0n) is 12.3. The van der Waals surface area contributed by atoms with Crippen LogP contribution in [0.1, 0.15) is 24.5 Å². The Hall–Kier alpha value is -0.620. The highest BCUT2D eigenvalue weighted by atomic mass is 35.5. The van der Waals surface area contributed by atoms with Crippen LogP contribution in [0.15, 0.2) is 18.2 Å². The van der Waals surface area contributed by atoms with Gasteiger partial charge in [-0.05, 0) is 37.1 Å². The number of aryl methyl sites for hydroxylation is 1. The van der Waals surface area contributed by atoms with Gasteiger partial charge in [0.15, 0.2) is 0 Å². The molecule has 4 nitrogen and oxygen atoms in total. The van der Waals surface area contributed by atoms with Crippen LogP contribution in [0.4, 0.5) is 0 Å². The van der Waals surface area contributed by atoms with Gasteiger partial charge >= 0.3 is 0 Å². The summed E-state index contributed by atoms with van der Waals surface area (Å²) in [6.07, 6.45) is 2.04. The summed E-state index contributed by atoms with van der Waals surface area (Å²) in [5.74, 6) is 0. The van der Waals surface area contributed by atoms with Crippen LogP contribution in [0.2, 0.25) is 5.02 Å². The fourth-order valence-corrected chi connectivity index (χ4v) is 3.05. The predicted octanol–water partition coefficient (Wildman–Crippen LogP) is 2.41. The number of nitrogens with zero attached hydrogens (tertiary/aromatic N) is 1. The van der Waals surface area contributed by atoms with Crippen molar-refractivity contribution >= 4 is 21.6 Å². The molecule has 0 aliphatic carbocycles. The van der Waals surface area contributed by atoms with E-state index in [0.717, 1.165) is 35.7 Å². The third-order valence-corrected chi connectivity index (χ3v) is 4.93. The van der Waals surface area contributed by atoms with Crippen molar-refractivity contribution in [2.45, 2.75) is 26.8 Å². The molecule has 0 spiro atoms. The van der Waals surface area contributed by atoms with Crippen molar-refractivity contribution in [3.05, 3.63) is 34.3 Å². The molecule has 0 aromatic heterocycles. The first kappa shape index (κ1) is 17.4. The molecule has 0 bridgehead atoms. The highest BCUT2D eigenvalue weighted by Crippen LogP contribution is 2.16. The van der Waals surface area contributed by atoms with Crippen LogP contribution in [-0.4, -0.2) is 38.6 Å². The van der Waals surface area contributed by atoms with Crippen LogP contribution in [0.25, 0.3) is 0 Å². The smallest absolute Gasteiger partial charge is 0.211 e. The highest BCUT2D eigenvalue weighted by Gasteiger charge is 2.12. The second-order valence-electron chi connectivity index (χ2n) is 4.87. The zero-order chi connectivity index (χ0) is 15.2. The van der Waals surface area contributed by atoms with Gasteiger partial charge in [0.05, 0.1) is 6.26 Å². The molecule has 1 rings (SSSR count). The summed E-state index contributed by atoms with van der Waals surface area (Å²) >= 11 is 6.06. The van der Waals surface area contributed by atoms with Gasteiger partial charge in [-0.1, -0.05) is 30.7 Å².